The maximum atomic E-state index is 3.75. The van der Waals surface area contributed by atoms with Gasteiger partial charge in [-0.1, -0.05) is 103 Å². The summed E-state index contributed by atoms with van der Waals surface area (Å²) in [4.78, 5) is 0. The van der Waals surface area contributed by atoms with E-state index in [0.717, 1.165) is 25.8 Å². The normalized spacial score (nSPS) is 12.7. The summed E-state index contributed by atoms with van der Waals surface area (Å²) in [7, 11) is 0. The van der Waals surface area contributed by atoms with Gasteiger partial charge in [0, 0.05) is 12.6 Å². The molecule has 0 aliphatic rings. The first kappa shape index (κ1) is 19.1. The first-order valence-corrected chi connectivity index (χ1v) is 9.83. The zero-order chi connectivity index (χ0) is 18.7. The molecule has 0 fully saturated rings. The van der Waals surface area contributed by atoms with Gasteiger partial charge in [-0.2, -0.15) is 0 Å². The Morgan fingerprint density at radius 1 is 0.778 bits per heavy atom. The third-order valence-electron chi connectivity index (χ3n) is 4.89. The molecule has 0 heterocycles. The van der Waals surface area contributed by atoms with Crippen LogP contribution in [0.15, 0.2) is 103 Å². The van der Waals surface area contributed by atoms with E-state index in [1.165, 1.54) is 22.3 Å². The van der Waals surface area contributed by atoms with Gasteiger partial charge in [0.05, 0.1) is 0 Å². The van der Waals surface area contributed by atoms with Gasteiger partial charge in [-0.05, 0) is 42.9 Å². The van der Waals surface area contributed by atoms with Crippen LogP contribution in [0.25, 0.3) is 0 Å². The molecule has 0 saturated carbocycles. The summed E-state index contributed by atoms with van der Waals surface area (Å²) in [5.74, 6) is 0. The van der Waals surface area contributed by atoms with Crippen molar-refractivity contribution in [2.45, 2.75) is 38.8 Å². The molecule has 0 unspecified atom stereocenters. The third kappa shape index (κ3) is 6.54. The Hall–Kier alpha value is -2.64. The molecule has 138 valence electrons. The van der Waals surface area contributed by atoms with Crippen LogP contribution < -0.4 is 5.32 Å². The van der Waals surface area contributed by atoms with Gasteiger partial charge in [-0.15, -0.1) is 0 Å². The van der Waals surface area contributed by atoms with E-state index in [0.29, 0.717) is 6.04 Å². The van der Waals surface area contributed by atoms with Crippen LogP contribution in [0, 0.1) is 0 Å². The van der Waals surface area contributed by atoms with E-state index in [9.17, 15) is 0 Å². The predicted octanol–water partition coefficient (Wildman–Crippen LogP) is 6.49. The van der Waals surface area contributed by atoms with Gasteiger partial charge in [-0.3, -0.25) is 0 Å². The lowest BCUT2D eigenvalue weighted by molar-refractivity contribution is 0.527. The lowest BCUT2D eigenvalue weighted by Crippen LogP contribution is -2.21. The maximum absolute atomic E-state index is 3.75. The quantitative estimate of drug-likeness (QED) is 0.433. The molecule has 3 aromatic carbocycles. The summed E-state index contributed by atoms with van der Waals surface area (Å²) in [5.41, 5.74) is 5.53. The number of hydrogen-bond acceptors (Lipinski definition) is 1. The summed E-state index contributed by atoms with van der Waals surface area (Å²) in [5, 5.41) is 3.75. The molecule has 0 bridgehead atoms. The number of rotatable bonds is 9. The van der Waals surface area contributed by atoms with Crippen LogP contribution in [0.4, 0.5) is 0 Å². The van der Waals surface area contributed by atoms with Crippen LogP contribution in [-0.2, 0) is 13.0 Å². The average molecular weight is 356 g/mol. The molecule has 0 spiro atoms. The number of benzene rings is 3. The van der Waals surface area contributed by atoms with Gasteiger partial charge in [0.2, 0.25) is 0 Å². The second-order valence-corrected chi connectivity index (χ2v) is 7.11. The van der Waals surface area contributed by atoms with Gasteiger partial charge in [0.25, 0.3) is 0 Å². The predicted molar refractivity (Wildman–Crippen MR) is 116 cm³/mol. The van der Waals surface area contributed by atoms with Crippen molar-refractivity contribution in [3.05, 3.63) is 119 Å². The van der Waals surface area contributed by atoms with Crippen LogP contribution in [0.1, 0.15) is 42.5 Å². The summed E-state index contributed by atoms with van der Waals surface area (Å²) in [6.45, 7) is 3.14. The fraction of sp³-hybridized carbons (Fsp3) is 0.231. The Morgan fingerprint density at radius 2 is 1.33 bits per heavy atom. The number of nitrogens with one attached hydrogen (secondary N) is 1. The second kappa shape index (κ2) is 10.5. The third-order valence-corrected chi connectivity index (χ3v) is 4.89. The van der Waals surface area contributed by atoms with E-state index in [-0.39, 0.29) is 0 Å². The van der Waals surface area contributed by atoms with Crippen molar-refractivity contribution < 1.29 is 0 Å². The summed E-state index contributed by atoms with van der Waals surface area (Å²) in [6, 6.07) is 32.5. The average Bonchev–Trinajstić information content (AvgIpc) is 2.73. The Kier molecular flexibility index (Phi) is 7.44. The summed E-state index contributed by atoms with van der Waals surface area (Å²) in [6.07, 6.45) is 5.63. The molecule has 27 heavy (non-hydrogen) atoms. The first-order valence-electron chi connectivity index (χ1n) is 9.83. The van der Waals surface area contributed by atoms with Crippen molar-refractivity contribution in [2.24, 2.45) is 0 Å². The van der Waals surface area contributed by atoms with Gasteiger partial charge in [-0.25, -0.2) is 0 Å². The smallest absolute Gasteiger partial charge is 0.0360 e. The van der Waals surface area contributed by atoms with Crippen molar-refractivity contribution in [1.82, 2.24) is 5.32 Å². The van der Waals surface area contributed by atoms with E-state index in [4.69, 9.17) is 0 Å². The van der Waals surface area contributed by atoms with Gasteiger partial charge < -0.3 is 5.32 Å². The highest BCUT2D eigenvalue weighted by atomic mass is 14.9. The van der Waals surface area contributed by atoms with Gasteiger partial charge in [0.1, 0.15) is 0 Å². The Labute approximate surface area is 163 Å². The van der Waals surface area contributed by atoms with Gasteiger partial charge >= 0.3 is 0 Å². The Bertz CT molecular complexity index is 807. The second-order valence-electron chi connectivity index (χ2n) is 7.11. The van der Waals surface area contributed by atoms with Crippen molar-refractivity contribution in [1.29, 1.82) is 0 Å². The molecular formula is C26H29N. The largest absolute Gasteiger partial charge is 0.306 e. The van der Waals surface area contributed by atoms with Crippen molar-refractivity contribution in [3.8, 4) is 0 Å². The number of aryl methyl sites for hydroxylation is 1. The molecule has 3 rings (SSSR count). The maximum Gasteiger partial charge on any atom is 0.0360 e. The topological polar surface area (TPSA) is 12.0 Å². The lowest BCUT2D eigenvalue weighted by Gasteiger charge is -2.20. The van der Waals surface area contributed by atoms with Crippen molar-refractivity contribution >= 4 is 0 Å². The highest BCUT2D eigenvalue weighted by Crippen LogP contribution is 2.22. The summed E-state index contributed by atoms with van der Waals surface area (Å²) < 4.78 is 0. The monoisotopic (exact) mass is 355 g/mol. The molecule has 0 aliphatic carbocycles. The van der Waals surface area contributed by atoms with Gasteiger partial charge in [0.15, 0.2) is 0 Å². The molecule has 1 nitrogen and oxygen atoms in total. The minimum absolute atomic E-state index is 0.333. The Balaban J connectivity index is 1.60. The number of allylic oxidation sites excluding steroid dienone is 1. The zero-order valence-electron chi connectivity index (χ0n) is 16.1. The fourth-order valence-corrected chi connectivity index (χ4v) is 3.37. The van der Waals surface area contributed by atoms with Crippen LogP contribution in [-0.4, -0.2) is 0 Å². The molecule has 0 radical (unpaired) electrons. The zero-order valence-corrected chi connectivity index (χ0v) is 16.1. The molecular weight excluding hydrogens is 326 g/mol. The lowest BCUT2D eigenvalue weighted by atomic mass is 9.98. The Morgan fingerprint density at radius 3 is 1.96 bits per heavy atom. The molecule has 1 N–H and O–H groups in total. The van der Waals surface area contributed by atoms with Crippen molar-refractivity contribution in [3.63, 3.8) is 0 Å². The molecule has 0 aromatic heterocycles. The van der Waals surface area contributed by atoms with E-state index >= 15 is 0 Å². The van der Waals surface area contributed by atoms with Crippen LogP contribution in [0.2, 0.25) is 0 Å². The molecule has 1 heteroatoms. The molecule has 3 aromatic rings. The number of hydrogen-bond donors (Lipinski definition) is 1. The van der Waals surface area contributed by atoms with Crippen LogP contribution in [0.3, 0.4) is 0 Å². The molecule has 0 saturated heterocycles. The molecule has 1 atom stereocenters. The van der Waals surface area contributed by atoms with Crippen molar-refractivity contribution in [2.75, 3.05) is 0 Å². The minimum Gasteiger partial charge on any atom is -0.306 e. The highest BCUT2D eigenvalue weighted by Gasteiger charge is 2.11. The minimum atomic E-state index is 0.333. The standard InChI is InChI=1S/C26H29N/c1-22(12-11-17-23-13-5-2-6-14-23)20-26(25-18-9-4-10-19-25)27-21-24-15-7-3-8-16-24/h2-10,12-16,18-19,26-27H,11,17,20-21H2,1H3/b22-12-/t26-/m1/s1. The highest BCUT2D eigenvalue weighted by molar-refractivity contribution is 5.22. The van der Waals surface area contributed by atoms with Crippen LogP contribution in [0.5, 0.6) is 0 Å². The molecule has 0 amide bonds. The van der Waals surface area contributed by atoms with Crippen LogP contribution >= 0.6 is 0 Å². The molecule has 0 aliphatic heterocycles. The SMILES string of the molecule is C/C(=C/CCc1ccccc1)C[C@@H](NCc1ccccc1)c1ccccc1. The van der Waals surface area contributed by atoms with E-state index in [1.807, 2.05) is 0 Å². The van der Waals surface area contributed by atoms with E-state index in [1.54, 1.807) is 0 Å². The fourth-order valence-electron chi connectivity index (χ4n) is 3.37. The first-order chi connectivity index (χ1) is 13.3. The van der Waals surface area contributed by atoms with E-state index in [2.05, 4.69) is 109 Å². The summed E-state index contributed by atoms with van der Waals surface area (Å²) >= 11 is 0. The van der Waals surface area contributed by atoms with E-state index < -0.39 is 0 Å².